The average molecular weight is 392 g/mol. The summed E-state index contributed by atoms with van der Waals surface area (Å²) in [4.78, 5) is 17.0. The lowest BCUT2D eigenvalue weighted by molar-refractivity contribution is -0.110. The molecule has 0 N–H and O–H groups in total. The molecule has 152 valence electrons. The van der Waals surface area contributed by atoms with E-state index in [9.17, 15) is 4.79 Å². The van der Waals surface area contributed by atoms with Crippen molar-refractivity contribution >= 4 is 23.6 Å². The number of carbonyl (C=O) groups is 1. The highest BCUT2D eigenvalue weighted by Crippen LogP contribution is 2.29. The molecule has 1 heterocycles. The Balaban J connectivity index is 1.63. The van der Waals surface area contributed by atoms with Crippen LogP contribution < -0.4 is 14.4 Å². The van der Waals surface area contributed by atoms with Crippen molar-refractivity contribution in [2.45, 2.75) is 0 Å². The lowest BCUT2D eigenvalue weighted by Crippen LogP contribution is -2.44. The zero-order valence-electron chi connectivity index (χ0n) is 17.3. The first kappa shape index (κ1) is 20.7. The Morgan fingerprint density at radius 2 is 1.45 bits per heavy atom. The summed E-state index contributed by atoms with van der Waals surface area (Å²) in [5, 5.41) is 0. The fraction of sp³-hybridized carbons (Fsp3) is 0.292. The van der Waals surface area contributed by atoms with E-state index in [4.69, 9.17) is 9.47 Å². The van der Waals surface area contributed by atoms with Crippen LogP contribution in [0.25, 0.3) is 12.2 Å². The molecule has 0 saturated carbocycles. The Hall–Kier alpha value is -3.05. The molecule has 0 bridgehead atoms. The first-order chi connectivity index (χ1) is 14.1. The minimum atomic E-state index is -0.0962. The number of hydrogen-bond acceptors (Lipinski definition) is 5. The topological polar surface area (TPSA) is 42.0 Å². The summed E-state index contributed by atoms with van der Waals surface area (Å²) in [5.74, 6) is 1.23. The summed E-state index contributed by atoms with van der Waals surface area (Å²) in [5.41, 5.74) is 2.97. The number of piperazine rings is 1. The first-order valence-electron chi connectivity index (χ1n) is 9.75. The summed E-state index contributed by atoms with van der Waals surface area (Å²) in [6, 6.07) is 13.8. The zero-order chi connectivity index (χ0) is 20.6. The van der Waals surface area contributed by atoms with E-state index >= 15 is 0 Å². The Kier molecular flexibility index (Phi) is 7.09. The molecule has 2 aromatic rings. The maximum atomic E-state index is 12.3. The van der Waals surface area contributed by atoms with Crippen LogP contribution in [0.4, 0.5) is 5.69 Å². The van der Waals surface area contributed by atoms with E-state index in [1.807, 2.05) is 36.4 Å². The number of ketones is 1. The van der Waals surface area contributed by atoms with Crippen molar-refractivity contribution < 1.29 is 14.3 Å². The van der Waals surface area contributed by atoms with Gasteiger partial charge in [0.15, 0.2) is 5.78 Å². The van der Waals surface area contributed by atoms with Crippen molar-refractivity contribution in [3.63, 3.8) is 0 Å². The maximum absolute atomic E-state index is 12.3. The van der Waals surface area contributed by atoms with Gasteiger partial charge in [-0.3, -0.25) is 4.79 Å². The maximum Gasteiger partial charge on any atom is 0.178 e. The molecule has 3 rings (SSSR count). The van der Waals surface area contributed by atoms with Gasteiger partial charge < -0.3 is 19.3 Å². The molecule has 5 heteroatoms. The third-order valence-corrected chi connectivity index (χ3v) is 5.08. The number of methoxy groups -OCH3 is 2. The van der Waals surface area contributed by atoms with Gasteiger partial charge >= 0.3 is 0 Å². The molecular formula is C24H28N2O3. The number of likely N-dealkylation sites (N-methyl/N-ethyl adjacent to an activating group) is 1. The smallest absolute Gasteiger partial charge is 0.178 e. The third-order valence-electron chi connectivity index (χ3n) is 5.08. The van der Waals surface area contributed by atoms with Crippen molar-refractivity contribution in [1.82, 2.24) is 4.90 Å². The van der Waals surface area contributed by atoms with Gasteiger partial charge in [0.1, 0.15) is 11.5 Å². The Labute approximate surface area is 172 Å². The van der Waals surface area contributed by atoms with E-state index in [-0.39, 0.29) is 5.78 Å². The van der Waals surface area contributed by atoms with Crippen LogP contribution in [-0.2, 0) is 4.79 Å². The number of anilines is 1. The molecule has 0 amide bonds. The minimum absolute atomic E-state index is 0.0962. The highest BCUT2D eigenvalue weighted by molar-refractivity contribution is 6.04. The normalized spacial score (nSPS) is 15.2. The van der Waals surface area contributed by atoms with E-state index in [0.29, 0.717) is 11.5 Å². The standard InChI is InChI=1S/C24H28N2O3/c1-25-15-17-26(18-16-25)20-10-7-19(8-11-20)9-12-21(27)13-14-22-23(28-2)5-4-6-24(22)29-3/h4-14H,15-18H2,1-3H3/b12-9+,14-13+. The van der Waals surface area contributed by atoms with E-state index in [2.05, 4.69) is 29.0 Å². The van der Waals surface area contributed by atoms with Crippen LogP contribution in [0.2, 0.25) is 0 Å². The second-order valence-electron chi connectivity index (χ2n) is 7.03. The molecule has 1 aliphatic rings. The number of rotatable bonds is 7. The van der Waals surface area contributed by atoms with E-state index in [1.54, 1.807) is 26.4 Å². The molecule has 0 aromatic heterocycles. The molecule has 1 fully saturated rings. The van der Waals surface area contributed by atoms with Gasteiger partial charge in [0.05, 0.1) is 19.8 Å². The van der Waals surface area contributed by atoms with Crippen LogP contribution >= 0.6 is 0 Å². The van der Waals surface area contributed by atoms with Gasteiger partial charge in [0.25, 0.3) is 0 Å². The second-order valence-corrected chi connectivity index (χ2v) is 7.03. The van der Waals surface area contributed by atoms with Crippen LogP contribution in [0.3, 0.4) is 0 Å². The van der Waals surface area contributed by atoms with E-state index in [1.165, 1.54) is 11.8 Å². The van der Waals surface area contributed by atoms with Crippen molar-refractivity contribution in [1.29, 1.82) is 0 Å². The van der Waals surface area contributed by atoms with Crippen LogP contribution in [0, 0.1) is 0 Å². The largest absolute Gasteiger partial charge is 0.496 e. The number of allylic oxidation sites excluding steroid dienone is 2. The predicted octanol–water partition coefficient (Wildman–Crippen LogP) is 3.75. The SMILES string of the molecule is COc1cccc(OC)c1/C=C/C(=O)/C=C/c1ccc(N2CCN(C)CC2)cc1. The van der Waals surface area contributed by atoms with Gasteiger partial charge in [-0.05, 0) is 55.1 Å². The van der Waals surface area contributed by atoms with Gasteiger partial charge in [-0.2, -0.15) is 0 Å². The monoisotopic (exact) mass is 392 g/mol. The average Bonchev–Trinajstić information content (AvgIpc) is 2.76. The number of nitrogens with zero attached hydrogens (tertiary/aromatic N) is 2. The summed E-state index contributed by atoms with van der Waals surface area (Å²) in [7, 11) is 5.35. The van der Waals surface area contributed by atoms with Gasteiger partial charge in [0.2, 0.25) is 0 Å². The summed E-state index contributed by atoms with van der Waals surface area (Å²) in [6.45, 7) is 4.25. The summed E-state index contributed by atoms with van der Waals surface area (Å²) in [6.07, 6.45) is 6.65. The Morgan fingerprint density at radius 3 is 2.03 bits per heavy atom. The van der Waals surface area contributed by atoms with Gasteiger partial charge in [-0.1, -0.05) is 24.3 Å². The predicted molar refractivity (Wildman–Crippen MR) is 119 cm³/mol. The van der Waals surface area contributed by atoms with Crippen molar-refractivity contribution in [3.05, 3.63) is 65.7 Å². The molecule has 1 aliphatic heterocycles. The summed E-state index contributed by atoms with van der Waals surface area (Å²) < 4.78 is 10.7. The lowest BCUT2D eigenvalue weighted by Gasteiger charge is -2.34. The van der Waals surface area contributed by atoms with Crippen LogP contribution in [0.15, 0.2) is 54.6 Å². The van der Waals surface area contributed by atoms with Crippen LogP contribution in [0.1, 0.15) is 11.1 Å². The lowest BCUT2D eigenvalue weighted by atomic mass is 10.1. The van der Waals surface area contributed by atoms with Crippen molar-refractivity contribution in [2.75, 3.05) is 52.3 Å². The van der Waals surface area contributed by atoms with Crippen LogP contribution in [-0.4, -0.2) is 58.1 Å². The van der Waals surface area contributed by atoms with Crippen LogP contribution in [0.5, 0.6) is 11.5 Å². The second kappa shape index (κ2) is 9.94. The molecule has 1 saturated heterocycles. The van der Waals surface area contributed by atoms with Crippen molar-refractivity contribution in [2.24, 2.45) is 0 Å². The van der Waals surface area contributed by atoms with Crippen molar-refractivity contribution in [3.8, 4) is 11.5 Å². The third kappa shape index (κ3) is 5.48. The molecule has 0 radical (unpaired) electrons. The molecule has 0 aliphatic carbocycles. The van der Waals surface area contributed by atoms with E-state index in [0.717, 1.165) is 37.3 Å². The highest BCUT2D eigenvalue weighted by Gasteiger charge is 2.13. The molecule has 0 atom stereocenters. The van der Waals surface area contributed by atoms with Gasteiger partial charge in [-0.15, -0.1) is 0 Å². The Bertz CT molecular complexity index is 857. The molecule has 2 aromatic carbocycles. The Morgan fingerprint density at radius 1 is 0.862 bits per heavy atom. The summed E-state index contributed by atoms with van der Waals surface area (Å²) >= 11 is 0. The molecule has 0 unspecified atom stereocenters. The zero-order valence-corrected chi connectivity index (χ0v) is 17.3. The highest BCUT2D eigenvalue weighted by atomic mass is 16.5. The molecule has 29 heavy (non-hydrogen) atoms. The molecule has 0 spiro atoms. The minimum Gasteiger partial charge on any atom is -0.496 e. The number of ether oxygens (including phenoxy) is 2. The fourth-order valence-electron chi connectivity index (χ4n) is 3.30. The number of carbonyl (C=O) groups excluding carboxylic acids is 1. The quantitative estimate of drug-likeness (QED) is 0.672. The molecular weight excluding hydrogens is 364 g/mol. The fourth-order valence-corrected chi connectivity index (χ4v) is 3.30. The molecule has 5 nitrogen and oxygen atoms in total. The number of hydrogen-bond donors (Lipinski definition) is 0. The van der Waals surface area contributed by atoms with Gasteiger partial charge in [0, 0.05) is 31.9 Å². The van der Waals surface area contributed by atoms with Gasteiger partial charge in [-0.25, -0.2) is 0 Å². The first-order valence-corrected chi connectivity index (χ1v) is 9.75. The number of benzene rings is 2. The van der Waals surface area contributed by atoms with E-state index < -0.39 is 0 Å².